The van der Waals surface area contributed by atoms with Gasteiger partial charge in [-0.25, -0.2) is 9.59 Å². The first kappa shape index (κ1) is 18.6. The minimum Gasteiger partial charge on any atom is -0.478 e. The van der Waals surface area contributed by atoms with Gasteiger partial charge in [0.1, 0.15) is 0 Å². The fourth-order valence-corrected chi connectivity index (χ4v) is 2.80. The van der Waals surface area contributed by atoms with Crippen molar-refractivity contribution in [3.05, 3.63) is 69.9 Å². The Labute approximate surface area is 138 Å². The summed E-state index contributed by atoms with van der Waals surface area (Å²) in [5.41, 5.74) is 8.79. The lowest BCUT2D eigenvalue weighted by molar-refractivity contribution is -0.134. The van der Waals surface area contributed by atoms with Gasteiger partial charge in [0.2, 0.25) is 0 Å². The second-order valence-corrected chi connectivity index (χ2v) is 5.72. The number of carboxylic acids is 2. The van der Waals surface area contributed by atoms with Gasteiger partial charge in [0.05, 0.1) is 0 Å². The van der Waals surface area contributed by atoms with Gasteiger partial charge in [-0.2, -0.15) is 0 Å². The maximum absolute atomic E-state index is 9.55. The molecule has 2 rings (SSSR count). The van der Waals surface area contributed by atoms with E-state index in [1.165, 1.54) is 16.0 Å². The number of aryl methyl sites for hydroxylation is 1. The molecule has 0 aliphatic rings. The summed E-state index contributed by atoms with van der Waals surface area (Å²) < 4.78 is 0. The highest BCUT2D eigenvalue weighted by Gasteiger charge is 2.10. The maximum Gasteiger partial charge on any atom is 0.328 e. The van der Waals surface area contributed by atoms with E-state index in [0.29, 0.717) is 12.2 Å². The van der Waals surface area contributed by atoms with E-state index in [1.54, 1.807) is 11.3 Å². The molecule has 0 amide bonds. The molecule has 0 radical (unpaired) electrons. The van der Waals surface area contributed by atoms with Crippen LogP contribution in [-0.4, -0.2) is 22.2 Å². The van der Waals surface area contributed by atoms with Gasteiger partial charge in [0.25, 0.3) is 0 Å². The lowest BCUT2D eigenvalue weighted by atomic mass is 10.0. The molecule has 6 heteroatoms. The molecule has 122 valence electrons. The van der Waals surface area contributed by atoms with Crippen molar-refractivity contribution in [1.29, 1.82) is 0 Å². The van der Waals surface area contributed by atoms with Crippen LogP contribution in [0.15, 0.2) is 53.9 Å². The van der Waals surface area contributed by atoms with Gasteiger partial charge >= 0.3 is 11.9 Å². The molecule has 0 saturated heterocycles. The van der Waals surface area contributed by atoms with Crippen molar-refractivity contribution in [2.24, 2.45) is 5.73 Å². The van der Waals surface area contributed by atoms with Gasteiger partial charge in [-0.15, -0.1) is 11.3 Å². The molecule has 5 nitrogen and oxygen atoms in total. The molecule has 0 aliphatic heterocycles. The van der Waals surface area contributed by atoms with Crippen LogP contribution in [0.25, 0.3) is 0 Å². The normalized spacial score (nSPS) is 11.6. The summed E-state index contributed by atoms with van der Waals surface area (Å²) in [7, 11) is 0. The van der Waals surface area contributed by atoms with E-state index in [0.717, 1.165) is 6.42 Å². The first-order chi connectivity index (χ1) is 10.9. The molecule has 0 fully saturated rings. The third-order valence-electron chi connectivity index (χ3n) is 2.91. The lowest BCUT2D eigenvalue weighted by Crippen LogP contribution is -2.12. The topological polar surface area (TPSA) is 101 Å². The van der Waals surface area contributed by atoms with Crippen LogP contribution in [-0.2, 0) is 16.0 Å². The van der Waals surface area contributed by atoms with Crippen LogP contribution < -0.4 is 5.73 Å². The molecule has 0 spiro atoms. The van der Waals surface area contributed by atoms with E-state index in [4.69, 9.17) is 15.9 Å². The number of aliphatic carboxylic acids is 2. The molecular weight excluding hydrogens is 314 g/mol. The quantitative estimate of drug-likeness (QED) is 0.730. The Balaban J connectivity index is 0.000000284. The highest BCUT2D eigenvalue weighted by molar-refractivity contribution is 7.10. The molecule has 23 heavy (non-hydrogen) atoms. The average Bonchev–Trinajstić information content (AvgIpc) is 2.93. The predicted octanol–water partition coefficient (Wildman–Crippen LogP) is 3.01. The minimum absolute atomic E-state index is 0.132. The zero-order chi connectivity index (χ0) is 17.2. The Kier molecular flexibility index (Phi) is 7.73. The summed E-state index contributed by atoms with van der Waals surface area (Å²) in [5.74, 6) is -2.51. The molecule has 4 N–H and O–H groups in total. The maximum atomic E-state index is 9.55. The number of benzene rings is 1. The standard InChI is InChI=1S/C13H15NS.C4H4O4/c1-10-7-8-15-13(10)12(14)9-11-5-3-2-4-6-11;5-3(6)1-2-4(7)8/h2-8,12H,9,14H2,1H3;1-2H,(H,5,6)(H,7,8). The summed E-state index contributed by atoms with van der Waals surface area (Å²) in [6, 6.07) is 12.7. The largest absolute Gasteiger partial charge is 0.478 e. The highest BCUT2D eigenvalue weighted by atomic mass is 32.1. The number of carbonyl (C=O) groups is 2. The Bertz CT molecular complexity index is 648. The van der Waals surface area contributed by atoms with E-state index in [-0.39, 0.29) is 6.04 Å². The molecule has 0 saturated carbocycles. The number of rotatable bonds is 5. The minimum atomic E-state index is -1.26. The van der Waals surface area contributed by atoms with Crippen molar-refractivity contribution in [1.82, 2.24) is 0 Å². The molecule has 0 bridgehead atoms. The van der Waals surface area contributed by atoms with Gasteiger partial charge in [0.15, 0.2) is 0 Å². The summed E-state index contributed by atoms with van der Waals surface area (Å²) in [4.78, 5) is 20.4. The van der Waals surface area contributed by atoms with Crippen LogP contribution >= 0.6 is 11.3 Å². The van der Waals surface area contributed by atoms with Crippen LogP contribution in [0.1, 0.15) is 22.0 Å². The second kappa shape index (κ2) is 9.55. The summed E-state index contributed by atoms with van der Waals surface area (Å²) in [6.45, 7) is 2.12. The fourth-order valence-electron chi connectivity index (χ4n) is 1.87. The highest BCUT2D eigenvalue weighted by Crippen LogP contribution is 2.24. The zero-order valence-corrected chi connectivity index (χ0v) is 13.5. The lowest BCUT2D eigenvalue weighted by Gasteiger charge is -2.10. The predicted molar refractivity (Wildman–Crippen MR) is 90.5 cm³/mol. The van der Waals surface area contributed by atoms with Crippen molar-refractivity contribution in [2.75, 3.05) is 0 Å². The SMILES string of the molecule is Cc1ccsc1C(N)Cc1ccccc1.O=C(O)C=CC(=O)O. The molecule has 1 aromatic carbocycles. The van der Waals surface area contributed by atoms with Crippen LogP contribution in [0.3, 0.4) is 0 Å². The van der Waals surface area contributed by atoms with E-state index in [9.17, 15) is 9.59 Å². The third-order valence-corrected chi connectivity index (χ3v) is 4.06. The molecule has 0 aliphatic carbocycles. The van der Waals surface area contributed by atoms with Crippen molar-refractivity contribution in [3.8, 4) is 0 Å². The van der Waals surface area contributed by atoms with E-state index in [2.05, 4.69) is 42.6 Å². The van der Waals surface area contributed by atoms with Gasteiger partial charge < -0.3 is 15.9 Å². The van der Waals surface area contributed by atoms with Crippen LogP contribution in [0, 0.1) is 6.92 Å². The zero-order valence-electron chi connectivity index (χ0n) is 12.7. The van der Waals surface area contributed by atoms with Crippen molar-refractivity contribution in [3.63, 3.8) is 0 Å². The first-order valence-corrected chi connectivity index (χ1v) is 7.75. The summed E-state index contributed by atoms with van der Waals surface area (Å²) >= 11 is 1.75. The van der Waals surface area contributed by atoms with Gasteiger partial charge in [0, 0.05) is 23.1 Å². The van der Waals surface area contributed by atoms with Crippen LogP contribution in [0.4, 0.5) is 0 Å². The monoisotopic (exact) mass is 333 g/mol. The number of carboxylic acid groups (broad SMARTS) is 2. The molecule has 2 aromatic rings. The van der Waals surface area contributed by atoms with Crippen molar-refractivity contribution in [2.45, 2.75) is 19.4 Å². The number of nitrogens with two attached hydrogens (primary N) is 1. The number of hydrogen-bond donors (Lipinski definition) is 3. The fraction of sp³-hybridized carbons (Fsp3) is 0.176. The Hall–Kier alpha value is -2.44. The Morgan fingerprint density at radius 1 is 1.13 bits per heavy atom. The first-order valence-electron chi connectivity index (χ1n) is 6.87. The van der Waals surface area contributed by atoms with Gasteiger partial charge in [-0.05, 0) is 35.9 Å². The van der Waals surface area contributed by atoms with E-state index < -0.39 is 11.9 Å². The van der Waals surface area contributed by atoms with E-state index >= 15 is 0 Å². The van der Waals surface area contributed by atoms with E-state index in [1.807, 2.05) is 6.07 Å². The Morgan fingerprint density at radius 3 is 2.13 bits per heavy atom. The van der Waals surface area contributed by atoms with Crippen LogP contribution in [0.5, 0.6) is 0 Å². The molecular formula is C17H19NO4S. The van der Waals surface area contributed by atoms with Crippen molar-refractivity contribution < 1.29 is 19.8 Å². The van der Waals surface area contributed by atoms with Crippen LogP contribution in [0.2, 0.25) is 0 Å². The Morgan fingerprint density at radius 2 is 1.70 bits per heavy atom. The molecule has 1 unspecified atom stereocenters. The molecule has 1 aromatic heterocycles. The average molecular weight is 333 g/mol. The number of hydrogen-bond acceptors (Lipinski definition) is 4. The van der Waals surface area contributed by atoms with Gasteiger partial charge in [-0.3, -0.25) is 0 Å². The smallest absolute Gasteiger partial charge is 0.328 e. The number of thiophene rings is 1. The van der Waals surface area contributed by atoms with Crippen molar-refractivity contribution >= 4 is 23.3 Å². The summed E-state index contributed by atoms with van der Waals surface area (Å²) in [5, 5.41) is 17.7. The third kappa shape index (κ3) is 7.39. The molecule has 1 atom stereocenters. The van der Waals surface area contributed by atoms with Gasteiger partial charge in [-0.1, -0.05) is 30.3 Å². The summed E-state index contributed by atoms with van der Waals surface area (Å²) in [6.07, 6.45) is 2.03. The molecule has 1 heterocycles. The second-order valence-electron chi connectivity index (χ2n) is 4.77.